The highest BCUT2D eigenvalue weighted by atomic mass is 16.5. The largest absolute Gasteiger partial charge is 0.497 e. The van der Waals surface area contributed by atoms with Crippen LogP contribution < -0.4 is 14.5 Å². The van der Waals surface area contributed by atoms with Crippen LogP contribution in [0.2, 0.25) is 0 Å². The third-order valence-electron chi connectivity index (χ3n) is 6.93. The molecule has 1 aliphatic rings. The van der Waals surface area contributed by atoms with E-state index in [2.05, 4.69) is 46.4 Å². The first-order valence-electron chi connectivity index (χ1n) is 12.8. The van der Waals surface area contributed by atoms with Crippen LogP contribution in [0.25, 0.3) is 0 Å². The lowest BCUT2D eigenvalue weighted by atomic mass is 10.1. The van der Waals surface area contributed by atoms with Crippen molar-refractivity contribution in [2.24, 2.45) is 0 Å². The van der Waals surface area contributed by atoms with Crippen LogP contribution in [0.3, 0.4) is 0 Å². The molecule has 1 saturated carbocycles. The van der Waals surface area contributed by atoms with Gasteiger partial charge in [-0.3, -0.25) is 4.79 Å². The zero-order valence-corrected chi connectivity index (χ0v) is 21.7. The number of amides is 1. The zero-order valence-electron chi connectivity index (χ0n) is 21.7. The molecule has 0 N–H and O–H groups in total. The minimum atomic E-state index is -0.181. The Morgan fingerprint density at radius 3 is 2.24 bits per heavy atom. The van der Waals surface area contributed by atoms with Crippen LogP contribution >= 0.6 is 0 Å². The van der Waals surface area contributed by atoms with Crippen LogP contribution in [0.1, 0.15) is 47.1 Å². The van der Waals surface area contributed by atoms with Crippen molar-refractivity contribution in [3.63, 3.8) is 0 Å². The predicted octanol–water partition coefficient (Wildman–Crippen LogP) is 5.48. The van der Waals surface area contributed by atoms with Gasteiger partial charge in [0.25, 0.3) is 5.91 Å². The molecule has 0 radical (unpaired) electrons. The first-order valence-corrected chi connectivity index (χ1v) is 12.8. The van der Waals surface area contributed by atoms with Gasteiger partial charge in [-0.1, -0.05) is 47.7 Å². The molecule has 7 nitrogen and oxygen atoms in total. The van der Waals surface area contributed by atoms with Gasteiger partial charge >= 0.3 is 0 Å². The number of ether oxygens (including phenoxy) is 1. The molecule has 0 bridgehead atoms. The van der Waals surface area contributed by atoms with Crippen molar-refractivity contribution >= 4 is 17.3 Å². The fourth-order valence-corrected chi connectivity index (χ4v) is 4.65. The van der Waals surface area contributed by atoms with Crippen LogP contribution in [0.15, 0.2) is 78.9 Å². The van der Waals surface area contributed by atoms with Crippen molar-refractivity contribution in [3.05, 3.63) is 101 Å². The zero-order chi connectivity index (χ0) is 25.8. The predicted molar refractivity (Wildman–Crippen MR) is 146 cm³/mol. The Bertz CT molecular complexity index is 1330. The second-order valence-electron chi connectivity index (χ2n) is 9.44. The second kappa shape index (κ2) is 10.9. The quantitative estimate of drug-likeness (QED) is 0.292. The van der Waals surface area contributed by atoms with Gasteiger partial charge in [0.2, 0.25) is 0 Å². The minimum Gasteiger partial charge on any atom is -0.497 e. The molecule has 0 aliphatic heterocycles. The topological polar surface area (TPSA) is 63.5 Å². The number of anilines is 2. The van der Waals surface area contributed by atoms with Crippen molar-refractivity contribution in [1.29, 1.82) is 0 Å². The summed E-state index contributed by atoms with van der Waals surface area (Å²) in [5.41, 5.74) is 5.26. The highest BCUT2D eigenvalue weighted by Gasteiger charge is 2.28. The van der Waals surface area contributed by atoms with E-state index in [9.17, 15) is 4.79 Å². The number of rotatable bonds is 10. The highest BCUT2D eigenvalue weighted by Crippen LogP contribution is 2.32. The standard InChI is InChI=1S/C30H33N5O2/c1-4-33(26-14-15-26)25-12-10-24(11-13-25)20-34(27-16-18-28(37-3)19-17-27)30(36)29-22(2)35(32-31-29)21-23-8-6-5-7-9-23/h5-13,16-19,26H,4,14-15,20-21H2,1-3H3. The van der Waals surface area contributed by atoms with E-state index in [1.54, 1.807) is 16.7 Å². The van der Waals surface area contributed by atoms with E-state index in [0.717, 1.165) is 34.8 Å². The summed E-state index contributed by atoms with van der Waals surface area (Å²) in [6, 6.07) is 26.8. The SMILES string of the molecule is CCN(c1ccc(CN(C(=O)c2nnn(Cc3ccccc3)c2C)c2ccc(OC)cc2)cc1)C1CC1. The summed E-state index contributed by atoms with van der Waals surface area (Å²) in [5.74, 6) is 0.560. The molecule has 0 atom stereocenters. The van der Waals surface area contributed by atoms with Crippen molar-refractivity contribution in [2.75, 3.05) is 23.5 Å². The van der Waals surface area contributed by atoms with Crippen molar-refractivity contribution < 1.29 is 9.53 Å². The second-order valence-corrected chi connectivity index (χ2v) is 9.44. The number of hydrogen-bond donors (Lipinski definition) is 0. The Hall–Kier alpha value is -4.13. The summed E-state index contributed by atoms with van der Waals surface area (Å²) in [6.45, 7) is 6.08. The lowest BCUT2D eigenvalue weighted by Gasteiger charge is -2.25. The molecular weight excluding hydrogens is 462 g/mol. The van der Waals surface area contributed by atoms with Gasteiger partial charge in [-0.2, -0.15) is 0 Å². The molecule has 7 heteroatoms. The summed E-state index contributed by atoms with van der Waals surface area (Å²) in [5, 5.41) is 8.60. The molecule has 37 heavy (non-hydrogen) atoms. The smallest absolute Gasteiger partial charge is 0.281 e. The Morgan fingerprint density at radius 2 is 1.62 bits per heavy atom. The van der Waals surface area contributed by atoms with Crippen LogP contribution in [0.4, 0.5) is 11.4 Å². The molecule has 5 rings (SSSR count). The Labute approximate surface area is 218 Å². The normalized spacial score (nSPS) is 12.8. The highest BCUT2D eigenvalue weighted by molar-refractivity contribution is 6.05. The molecule has 0 saturated heterocycles. The number of nitrogens with zero attached hydrogens (tertiary/aromatic N) is 5. The van der Waals surface area contributed by atoms with Gasteiger partial charge in [0, 0.05) is 24.0 Å². The molecule has 1 fully saturated rings. The number of hydrogen-bond acceptors (Lipinski definition) is 5. The van der Waals surface area contributed by atoms with Gasteiger partial charge in [-0.05, 0) is 74.2 Å². The summed E-state index contributed by atoms with van der Waals surface area (Å²) in [7, 11) is 1.63. The average Bonchev–Trinajstić information content (AvgIpc) is 3.72. The lowest BCUT2D eigenvalue weighted by molar-refractivity contribution is 0.0979. The molecule has 0 unspecified atom stereocenters. The summed E-state index contributed by atoms with van der Waals surface area (Å²) in [6.07, 6.45) is 2.53. The Kier molecular flexibility index (Phi) is 7.21. The summed E-state index contributed by atoms with van der Waals surface area (Å²) >= 11 is 0. The third kappa shape index (κ3) is 5.50. The molecule has 3 aromatic carbocycles. The number of carbonyl (C=O) groups excluding carboxylic acids is 1. The number of methoxy groups -OCH3 is 1. The molecule has 0 spiro atoms. The third-order valence-corrected chi connectivity index (χ3v) is 6.93. The van der Waals surface area contributed by atoms with Gasteiger partial charge in [-0.15, -0.1) is 5.10 Å². The van der Waals surface area contributed by atoms with Crippen LogP contribution in [0, 0.1) is 6.92 Å². The van der Waals surface area contributed by atoms with Crippen molar-refractivity contribution in [3.8, 4) is 5.75 Å². The maximum atomic E-state index is 13.9. The van der Waals surface area contributed by atoms with Crippen molar-refractivity contribution in [1.82, 2.24) is 15.0 Å². The molecule has 1 aliphatic carbocycles. The fourth-order valence-electron chi connectivity index (χ4n) is 4.65. The monoisotopic (exact) mass is 495 g/mol. The summed E-state index contributed by atoms with van der Waals surface area (Å²) in [4.78, 5) is 18.1. The number of benzene rings is 3. The van der Waals surface area contributed by atoms with E-state index in [1.807, 2.05) is 61.5 Å². The molecule has 1 aromatic heterocycles. The Morgan fingerprint density at radius 1 is 0.946 bits per heavy atom. The van der Waals surface area contributed by atoms with Gasteiger partial charge in [0.15, 0.2) is 5.69 Å². The van der Waals surface area contributed by atoms with Gasteiger partial charge in [0.1, 0.15) is 5.75 Å². The molecule has 1 heterocycles. The van der Waals surface area contributed by atoms with Gasteiger partial charge in [0.05, 0.1) is 25.9 Å². The molecule has 190 valence electrons. The molecule has 4 aromatic rings. The molecular formula is C30H33N5O2. The lowest BCUT2D eigenvalue weighted by Crippen LogP contribution is -2.31. The maximum absolute atomic E-state index is 13.9. The van der Waals surface area contributed by atoms with E-state index in [-0.39, 0.29) is 5.91 Å². The first-order chi connectivity index (χ1) is 18.1. The summed E-state index contributed by atoms with van der Waals surface area (Å²) < 4.78 is 7.11. The van der Waals surface area contributed by atoms with Crippen LogP contribution in [-0.2, 0) is 13.1 Å². The minimum absolute atomic E-state index is 0.181. The fraction of sp³-hybridized carbons (Fsp3) is 0.300. The van der Waals surface area contributed by atoms with Crippen LogP contribution in [0.5, 0.6) is 5.75 Å². The van der Waals surface area contributed by atoms with E-state index in [4.69, 9.17) is 4.74 Å². The first kappa shape index (κ1) is 24.6. The van der Waals surface area contributed by atoms with E-state index in [1.165, 1.54) is 18.5 Å². The Balaban J connectivity index is 1.41. The van der Waals surface area contributed by atoms with E-state index < -0.39 is 0 Å². The van der Waals surface area contributed by atoms with Crippen LogP contribution in [-0.4, -0.2) is 40.6 Å². The van der Waals surface area contributed by atoms with E-state index >= 15 is 0 Å². The van der Waals surface area contributed by atoms with Gasteiger partial charge < -0.3 is 14.5 Å². The van der Waals surface area contributed by atoms with Gasteiger partial charge in [-0.25, -0.2) is 4.68 Å². The van der Waals surface area contributed by atoms with E-state index in [0.29, 0.717) is 24.8 Å². The van der Waals surface area contributed by atoms with Crippen molar-refractivity contribution in [2.45, 2.75) is 45.8 Å². The average molecular weight is 496 g/mol. The number of aromatic nitrogens is 3. The maximum Gasteiger partial charge on any atom is 0.281 e. The number of carbonyl (C=O) groups is 1. The molecule has 1 amide bonds.